The van der Waals surface area contributed by atoms with Crippen LogP contribution >= 0.6 is 11.6 Å². The standard InChI is InChI=1S/C19H16ClN3O2/c20-16-5-3-13(4-6-16)18-17(11-22-25-18)19(24)23-9-7-15(12-23)14-2-1-8-21-10-14/h1-6,8,10-11,15H,7,9,12H2/t15-/m0/s1. The van der Waals surface area contributed by atoms with Gasteiger partial charge in [0.05, 0.1) is 6.20 Å². The molecule has 3 heterocycles. The van der Waals surface area contributed by atoms with Crippen LogP contribution in [-0.4, -0.2) is 34.0 Å². The topological polar surface area (TPSA) is 59.2 Å². The van der Waals surface area contributed by atoms with Crippen molar-refractivity contribution in [1.82, 2.24) is 15.0 Å². The summed E-state index contributed by atoms with van der Waals surface area (Å²) >= 11 is 5.93. The molecule has 0 aliphatic carbocycles. The Kier molecular flexibility index (Phi) is 4.24. The van der Waals surface area contributed by atoms with Gasteiger partial charge in [0, 0.05) is 42.0 Å². The number of halogens is 1. The number of hydrogen-bond donors (Lipinski definition) is 0. The molecule has 6 heteroatoms. The van der Waals surface area contributed by atoms with Crippen molar-refractivity contribution in [3.8, 4) is 11.3 Å². The van der Waals surface area contributed by atoms with E-state index in [0.29, 0.717) is 35.4 Å². The molecule has 0 saturated carbocycles. The minimum atomic E-state index is -0.0578. The zero-order chi connectivity index (χ0) is 17.2. The van der Waals surface area contributed by atoms with Gasteiger partial charge in [0.2, 0.25) is 0 Å². The quantitative estimate of drug-likeness (QED) is 0.713. The number of carbonyl (C=O) groups is 1. The first-order valence-electron chi connectivity index (χ1n) is 8.12. The van der Waals surface area contributed by atoms with E-state index < -0.39 is 0 Å². The summed E-state index contributed by atoms with van der Waals surface area (Å²) in [6.45, 7) is 1.39. The molecule has 1 aliphatic heterocycles. The number of pyridine rings is 1. The largest absolute Gasteiger partial charge is 0.355 e. The molecule has 1 amide bonds. The van der Waals surface area contributed by atoms with Crippen molar-refractivity contribution >= 4 is 17.5 Å². The van der Waals surface area contributed by atoms with E-state index in [0.717, 1.165) is 12.0 Å². The zero-order valence-electron chi connectivity index (χ0n) is 13.4. The van der Waals surface area contributed by atoms with Gasteiger partial charge in [-0.25, -0.2) is 0 Å². The number of aromatic nitrogens is 2. The number of nitrogens with zero attached hydrogens (tertiary/aromatic N) is 3. The van der Waals surface area contributed by atoms with E-state index in [1.54, 1.807) is 18.3 Å². The van der Waals surface area contributed by atoms with Crippen molar-refractivity contribution in [1.29, 1.82) is 0 Å². The van der Waals surface area contributed by atoms with E-state index in [2.05, 4.69) is 16.2 Å². The third kappa shape index (κ3) is 3.15. The van der Waals surface area contributed by atoms with Crippen LogP contribution in [0.2, 0.25) is 5.02 Å². The molecule has 1 aromatic carbocycles. The Bertz CT molecular complexity index is 877. The van der Waals surface area contributed by atoms with E-state index >= 15 is 0 Å². The van der Waals surface area contributed by atoms with Crippen LogP contribution in [0.5, 0.6) is 0 Å². The van der Waals surface area contributed by atoms with Gasteiger partial charge in [0.25, 0.3) is 5.91 Å². The summed E-state index contributed by atoms with van der Waals surface area (Å²) in [6, 6.07) is 11.2. The molecule has 0 spiro atoms. The van der Waals surface area contributed by atoms with Crippen LogP contribution in [0.4, 0.5) is 0 Å². The Hall–Kier alpha value is -2.66. The second-order valence-corrected chi connectivity index (χ2v) is 6.54. The van der Waals surface area contributed by atoms with Gasteiger partial charge in [-0.15, -0.1) is 0 Å². The molecule has 0 N–H and O–H groups in total. The zero-order valence-corrected chi connectivity index (χ0v) is 14.2. The van der Waals surface area contributed by atoms with Gasteiger partial charge in [0.15, 0.2) is 5.76 Å². The van der Waals surface area contributed by atoms with Gasteiger partial charge in [-0.05, 0) is 42.3 Å². The highest BCUT2D eigenvalue weighted by Gasteiger charge is 2.30. The molecule has 1 aliphatic rings. The lowest BCUT2D eigenvalue weighted by atomic mass is 10.0. The molecule has 126 valence electrons. The molecule has 0 bridgehead atoms. The maximum absolute atomic E-state index is 12.9. The normalized spacial score (nSPS) is 17.0. The van der Waals surface area contributed by atoms with Crippen molar-refractivity contribution < 1.29 is 9.32 Å². The van der Waals surface area contributed by atoms with Gasteiger partial charge < -0.3 is 9.42 Å². The van der Waals surface area contributed by atoms with Crippen LogP contribution in [0.25, 0.3) is 11.3 Å². The van der Waals surface area contributed by atoms with Crippen molar-refractivity contribution in [2.45, 2.75) is 12.3 Å². The summed E-state index contributed by atoms with van der Waals surface area (Å²) in [6.07, 6.45) is 6.05. The lowest BCUT2D eigenvalue weighted by Crippen LogP contribution is -2.28. The Balaban J connectivity index is 1.55. The van der Waals surface area contributed by atoms with Crippen LogP contribution in [0.1, 0.15) is 28.3 Å². The lowest BCUT2D eigenvalue weighted by molar-refractivity contribution is 0.0791. The third-order valence-corrected chi connectivity index (χ3v) is 4.79. The van der Waals surface area contributed by atoms with E-state index in [1.165, 1.54) is 11.8 Å². The molecular formula is C19H16ClN3O2. The number of likely N-dealkylation sites (tertiary alicyclic amines) is 1. The van der Waals surface area contributed by atoms with Crippen LogP contribution in [-0.2, 0) is 0 Å². The molecule has 1 atom stereocenters. The highest BCUT2D eigenvalue weighted by atomic mass is 35.5. The molecule has 5 nitrogen and oxygen atoms in total. The average Bonchev–Trinajstić information content (AvgIpc) is 3.32. The minimum absolute atomic E-state index is 0.0578. The number of carbonyl (C=O) groups excluding carboxylic acids is 1. The Morgan fingerprint density at radius 3 is 2.80 bits per heavy atom. The van der Waals surface area contributed by atoms with Gasteiger partial charge in [0.1, 0.15) is 5.56 Å². The maximum Gasteiger partial charge on any atom is 0.259 e. The highest BCUT2D eigenvalue weighted by molar-refractivity contribution is 6.30. The summed E-state index contributed by atoms with van der Waals surface area (Å²) in [5.41, 5.74) is 2.43. The predicted octanol–water partition coefficient (Wildman–Crippen LogP) is 4.02. The first kappa shape index (κ1) is 15.8. The van der Waals surface area contributed by atoms with Crippen LogP contribution in [0, 0.1) is 0 Å². The van der Waals surface area contributed by atoms with Gasteiger partial charge in [-0.3, -0.25) is 9.78 Å². The third-order valence-electron chi connectivity index (χ3n) is 4.54. The fraction of sp³-hybridized carbons (Fsp3) is 0.211. The van der Waals surface area contributed by atoms with Crippen LogP contribution in [0.3, 0.4) is 0 Å². The van der Waals surface area contributed by atoms with Gasteiger partial charge in [-0.1, -0.05) is 22.8 Å². The number of amides is 1. The van der Waals surface area contributed by atoms with Crippen molar-refractivity contribution in [2.75, 3.05) is 13.1 Å². The first-order chi connectivity index (χ1) is 12.2. The maximum atomic E-state index is 12.9. The summed E-state index contributed by atoms with van der Waals surface area (Å²) < 4.78 is 5.33. The summed E-state index contributed by atoms with van der Waals surface area (Å²) in [5.74, 6) is 0.737. The molecular weight excluding hydrogens is 338 g/mol. The molecule has 1 fully saturated rings. The fourth-order valence-electron chi connectivity index (χ4n) is 3.21. The Morgan fingerprint density at radius 2 is 2.04 bits per heavy atom. The van der Waals surface area contributed by atoms with Gasteiger partial charge in [-0.2, -0.15) is 0 Å². The monoisotopic (exact) mass is 353 g/mol. The fourth-order valence-corrected chi connectivity index (χ4v) is 3.33. The predicted molar refractivity (Wildman–Crippen MR) is 94.4 cm³/mol. The molecule has 2 aromatic heterocycles. The molecule has 25 heavy (non-hydrogen) atoms. The molecule has 1 saturated heterocycles. The Morgan fingerprint density at radius 1 is 1.20 bits per heavy atom. The Labute approximate surface area is 150 Å². The minimum Gasteiger partial charge on any atom is -0.355 e. The SMILES string of the molecule is O=C(c1cnoc1-c1ccc(Cl)cc1)N1CC[C@H](c2cccnc2)C1. The second kappa shape index (κ2) is 6.69. The van der Waals surface area contributed by atoms with Crippen LogP contribution < -0.4 is 0 Å². The molecule has 4 rings (SSSR count). The molecule has 0 radical (unpaired) electrons. The second-order valence-electron chi connectivity index (χ2n) is 6.10. The molecule has 0 unspecified atom stereocenters. The highest BCUT2D eigenvalue weighted by Crippen LogP contribution is 2.30. The van der Waals surface area contributed by atoms with E-state index in [9.17, 15) is 4.79 Å². The van der Waals surface area contributed by atoms with Crippen LogP contribution in [0.15, 0.2) is 59.5 Å². The smallest absolute Gasteiger partial charge is 0.259 e. The molecule has 3 aromatic rings. The average molecular weight is 354 g/mol. The van der Waals surface area contributed by atoms with Gasteiger partial charge >= 0.3 is 0 Å². The van der Waals surface area contributed by atoms with Crippen molar-refractivity contribution in [3.63, 3.8) is 0 Å². The van der Waals surface area contributed by atoms with E-state index in [4.69, 9.17) is 16.1 Å². The van der Waals surface area contributed by atoms with Crippen molar-refractivity contribution in [2.24, 2.45) is 0 Å². The number of rotatable bonds is 3. The summed E-state index contributed by atoms with van der Waals surface area (Å²) in [5, 5.41) is 4.46. The summed E-state index contributed by atoms with van der Waals surface area (Å²) in [7, 11) is 0. The lowest BCUT2D eigenvalue weighted by Gasteiger charge is -2.16. The first-order valence-corrected chi connectivity index (χ1v) is 8.50. The van der Waals surface area contributed by atoms with E-state index in [-0.39, 0.29) is 5.91 Å². The number of hydrogen-bond acceptors (Lipinski definition) is 4. The van der Waals surface area contributed by atoms with E-state index in [1.807, 2.05) is 29.3 Å². The summed E-state index contributed by atoms with van der Waals surface area (Å²) in [4.78, 5) is 19.0. The van der Waals surface area contributed by atoms with Crippen molar-refractivity contribution in [3.05, 3.63) is 71.1 Å². The number of benzene rings is 1.